The number of likely N-dealkylation sites (tertiary alicyclic amines) is 1. The van der Waals surface area contributed by atoms with Gasteiger partial charge in [-0.25, -0.2) is 13.4 Å². The Morgan fingerprint density at radius 1 is 1.14 bits per heavy atom. The molecular formula is C31H39N5O6S. The van der Waals surface area contributed by atoms with Crippen molar-refractivity contribution in [1.29, 1.82) is 0 Å². The number of aryl methyl sites for hydroxylation is 1. The van der Waals surface area contributed by atoms with Crippen LogP contribution in [0.1, 0.15) is 76.5 Å². The fourth-order valence-electron chi connectivity index (χ4n) is 5.81. The summed E-state index contributed by atoms with van der Waals surface area (Å²) < 4.78 is 33.0. The second-order valence-corrected chi connectivity index (χ2v) is 13.3. The Balaban J connectivity index is 1.45. The van der Waals surface area contributed by atoms with E-state index in [0.717, 1.165) is 31.4 Å². The third kappa shape index (κ3) is 7.43. The molecule has 230 valence electrons. The van der Waals surface area contributed by atoms with Gasteiger partial charge in [-0.1, -0.05) is 30.3 Å². The second kappa shape index (κ2) is 13.3. The summed E-state index contributed by atoms with van der Waals surface area (Å²) in [6.45, 7) is 4.58. The molecule has 2 aliphatic heterocycles. The van der Waals surface area contributed by atoms with E-state index in [9.17, 15) is 23.1 Å². The van der Waals surface area contributed by atoms with Crippen LogP contribution in [-0.2, 0) is 16.4 Å². The van der Waals surface area contributed by atoms with Crippen molar-refractivity contribution in [2.75, 3.05) is 23.6 Å². The maximum Gasteiger partial charge on any atom is 0.254 e. The summed E-state index contributed by atoms with van der Waals surface area (Å²) in [5.41, 5.74) is 2.04. The number of carbonyl (C=O) groups excluding carboxylic acids is 2. The highest BCUT2D eigenvalue weighted by Crippen LogP contribution is 2.33. The number of aromatic nitrogens is 1. The number of nitrogens with one attached hydrogen (secondary N) is 3. The molecule has 4 N–H and O–H groups in total. The van der Waals surface area contributed by atoms with Crippen LogP contribution >= 0.6 is 0 Å². The van der Waals surface area contributed by atoms with E-state index in [4.69, 9.17) is 4.42 Å². The molecule has 2 aliphatic rings. The molecule has 4 atom stereocenters. The number of amides is 2. The predicted molar refractivity (Wildman–Crippen MR) is 162 cm³/mol. The van der Waals surface area contributed by atoms with Gasteiger partial charge < -0.3 is 25.1 Å². The number of rotatable bonds is 11. The SMILES string of the molecule is CCS(=O)(=O)Nc1cc(C(=O)N[C@@H](Cc2ccccc2)[C@H](O)[C@H]2CCCN2)cc(C(=O)N2CCC[C@@H]2c2nc(C)co2)c1. The summed E-state index contributed by atoms with van der Waals surface area (Å²) in [4.78, 5) is 33.7. The first-order valence-electron chi connectivity index (χ1n) is 14.8. The number of oxazole rings is 1. The van der Waals surface area contributed by atoms with E-state index in [2.05, 4.69) is 20.3 Å². The van der Waals surface area contributed by atoms with Gasteiger partial charge >= 0.3 is 0 Å². The topological polar surface area (TPSA) is 154 Å². The fraction of sp³-hybridized carbons (Fsp3) is 0.452. The third-order valence-electron chi connectivity index (χ3n) is 8.07. The lowest BCUT2D eigenvalue weighted by Gasteiger charge is -2.29. The summed E-state index contributed by atoms with van der Waals surface area (Å²) in [7, 11) is -3.70. The van der Waals surface area contributed by atoms with Crippen molar-refractivity contribution in [2.24, 2.45) is 0 Å². The van der Waals surface area contributed by atoms with Crippen molar-refractivity contribution in [3.05, 3.63) is 83.1 Å². The molecule has 2 aromatic carbocycles. The number of nitrogens with zero attached hydrogens (tertiary/aromatic N) is 2. The maximum atomic E-state index is 13.8. The number of carbonyl (C=O) groups is 2. The van der Waals surface area contributed by atoms with Gasteiger partial charge in [-0.3, -0.25) is 14.3 Å². The number of aliphatic hydroxyl groups excluding tert-OH is 1. The minimum absolute atomic E-state index is 0.104. The van der Waals surface area contributed by atoms with E-state index < -0.39 is 28.1 Å². The van der Waals surface area contributed by atoms with Crippen LogP contribution in [0.25, 0.3) is 0 Å². The molecule has 2 saturated heterocycles. The molecular weight excluding hydrogens is 570 g/mol. The number of aliphatic hydroxyl groups is 1. The summed E-state index contributed by atoms with van der Waals surface area (Å²) in [6, 6.07) is 12.8. The van der Waals surface area contributed by atoms with Crippen LogP contribution in [0.2, 0.25) is 0 Å². The van der Waals surface area contributed by atoms with Gasteiger partial charge in [-0.15, -0.1) is 0 Å². The molecule has 1 aromatic heterocycles. The van der Waals surface area contributed by atoms with Gasteiger partial charge in [-0.05, 0) is 76.3 Å². The maximum absolute atomic E-state index is 13.8. The van der Waals surface area contributed by atoms with Crippen LogP contribution in [0.3, 0.4) is 0 Å². The number of hydrogen-bond acceptors (Lipinski definition) is 8. The molecule has 2 fully saturated rings. The molecule has 2 amide bonds. The highest BCUT2D eigenvalue weighted by atomic mass is 32.2. The van der Waals surface area contributed by atoms with Crippen LogP contribution in [0.4, 0.5) is 5.69 Å². The van der Waals surface area contributed by atoms with Crippen LogP contribution in [0.15, 0.2) is 59.2 Å². The van der Waals surface area contributed by atoms with Crippen molar-refractivity contribution in [3.63, 3.8) is 0 Å². The Bertz CT molecular complexity index is 1540. The zero-order valence-corrected chi connectivity index (χ0v) is 25.3. The lowest BCUT2D eigenvalue weighted by molar-refractivity contribution is 0.0715. The van der Waals surface area contributed by atoms with Crippen LogP contribution < -0.4 is 15.4 Å². The lowest BCUT2D eigenvalue weighted by Crippen LogP contribution is -2.52. The minimum Gasteiger partial charge on any atom is -0.446 e. The summed E-state index contributed by atoms with van der Waals surface area (Å²) in [5, 5.41) is 17.6. The standard InChI is InChI=1S/C31H39N5O6S/c1-3-43(40,41)35-24-17-22(16-23(18-24)31(39)36-14-8-12-27(36)30-33-20(2)19-42-30)29(38)34-26(15-21-9-5-4-6-10-21)28(37)25-11-7-13-32-25/h4-6,9-10,16-19,25-28,32,35,37H,3,7-8,11-15H2,1-2H3,(H,34,38)/t25-,26+,27-,28-/m1/s1. The lowest BCUT2D eigenvalue weighted by atomic mass is 9.95. The van der Waals surface area contributed by atoms with Gasteiger partial charge in [-0.2, -0.15) is 0 Å². The molecule has 11 nitrogen and oxygen atoms in total. The van der Waals surface area contributed by atoms with Crippen LogP contribution in [0.5, 0.6) is 0 Å². The van der Waals surface area contributed by atoms with Gasteiger partial charge in [0.2, 0.25) is 15.9 Å². The number of anilines is 1. The smallest absolute Gasteiger partial charge is 0.254 e. The molecule has 0 aliphatic carbocycles. The monoisotopic (exact) mass is 609 g/mol. The van der Waals surface area contributed by atoms with E-state index >= 15 is 0 Å². The van der Waals surface area contributed by atoms with E-state index in [1.165, 1.54) is 25.1 Å². The number of hydrogen-bond donors (Lipinski definition) is 4. The Morgan fingerprint density at radius 2 is 1.91 bits per heavy atom. The molecule has 0 bridgehead atoms. The van der Waals surface area contributed by atoms with Crippen molar-refractivity contribution in [3.8, 4) is 0 Å². The van der Waals surface area contributed by atoms with Gasteiger partial charge in [0.15, 0.2) is 0 Å². The van der Waals surface area contributed by atoms with Crippen LogP contribution in [-0.4, -0.2) is 72.3 Å². The molecule has 3 aromatic rings. The molecule has 5 rings (SSSR count). The first-order chi connectivity index (χ1) is 20.6. The first kappa shape index (κ1) is 30.7. The Morgan fingerprint density at radius 3 is 2.58 bits per heavy atom. The van der Waals surface area contributed by atoms with Crippen molar-refractivity contribution < 1.29 is 27.5 Å². The molecule has 0 unspecified atom stereocenters. The van der Waals surface area contributed by atoms with E-state index in [-0.39, 0.29) is 40.6 Å². The largest absolute Gasteiger partial charge is 0.446 e. The minimum atomic E-state index is -3.70. The molecule has 0 radical (unpaired) electrons. The number of sulfonamides is 1. The van der Waals surface area contributed by atoms with E-state index in [0.29, 0.717) is 31.0 Å². The fourth-order valence-corrected chi connectivity index (χ4v) is 6.43. The molecule has 43 heavy (non-hydrogen) atoms. The Labute approximate surface area is 252 Å². The molecule has 3 heterocycles. The second-order valence-electron chi connectivity index (χ2n) is 11.3. The Kier molecular flexibility index (Phi) is 9.48. The van der Waals surface area contributed by atoms with Gasteiger partial charge in [0.05, 0.1) is 29.3 Å². The highest BCUT2D eigenvalue weighted by molar-refractivity contribution is 7.92. The molecule has 12 heteroatoms. The third-order valence-corrected chi connectivity index (χ3v) is 9.38. The zero-order chi connectivity index (χ0) is 30.6. The average Bonchev–Trinajstić information content (AvgIpc) is 3.78. The summed E-state index contributed by atoms with van der Waals surface area (Å²) in [6.07, 6.45) is 4.23. The van der Waals surface area contributed by atoms with Gasteiger partial charge in [0.25, 0.3) is 11.8 Å². The molecule has 0 saturated carbocycles. The number of benzene rings is 2. The summed E-state index contributed by atoms with van der Waals surface area (Å²) >= 11 is 0. The quantitative estimate of drug-likeness (QED) is 0.259. The first-order valence-corrected chi connectivity index (χ1v) is 16.4. The van der Waals surface area contributed by atoms with E-state index in [1.807, 2.05) is 37.3 Å². The van der Waals surface area contributed by atoms with Crippen LogP contribution in [0, 0.1) is 6.92 Å². The van der Waals surface area contributed by atoms with E-state index in [1.54, 1.807) is 11.2 Å². The van der Waals surface area contributed by atoms with Gasteiger partial charge in [0, 0.05) is 23.7 Å². The Hall–Kier alpha value is -3.74. The zero-order valence-electron chi connectivity index (χ0n) is 24.5. The highest BCUT2D eigenvalue weighted by Gasteiger charge is 2.35. The molecule has 0 spiro atoms. The normalized spacial score (nSPS) is 20.1. The van der Waals surface area contributed by atoms with Crippen molar-refractivity contribution in [2.45, 2.75) is 70.2 Å². The predicted octanol–water partition coefficient (Wildman–Crippen LogP) is 3.18. The average molecular weight is 610 g/mol. The summed E-state index contributed by atoms with van der Waals surface area (Å²) in [5.74, 6) is -0.612. The van der Waals surface area contributed by atoms with Crippen molar-refractivity contribution in [1.82, 2.24) is 20.5 Å². The van der Waals surface area contributed by atoms with Gasteiger partial charge in [0.1, 0.15) is 12.3 Å². The van der Waals surface area contributed by atoms with Crippen molar-refractivity contribution >= 4 is 27.5 Å².